The summed E-state index contributed by atoms with van der Waals surface area (Å²) in [4.78, 5) is 15.4. The highest BCUT2D eigenvalue weighted by Crippen LogP contribution is 2.33. The standard InChI is InChI=1S/C17H14BrClN4O/c1-10-8-21-11(7-16(20)24)6-15(10)23-9-13(18)17(22-23)12-4-2-3-5-14(12)19/h2-6,8-9H,7H2,1H3,(H2,20,24). The summed E-state index contributed by atoms with van der Waals surface area (Å²) in [5, 5.41) is 5.26. The molecule has 0 saturated carbocycles. The monoisotopic (exact) mass is 404 g/mol. The van der Waals surface area contributed by atoms with E-state index in [-0.39, 0.29) is 6.42 Å². The van der Waals surface area contributed by atoms with Gasteiger partial charge >= 0.3 is 0 Å². The van der Waals surface area contributed by atoms with E-state index in [9.17, 15) is 4.79 Å². The maximum absolute atomic E-state index is 11.1. The zero-order valence-corrected chi connectivity index (χ0v) is 15.2. The van der Waals surface area contributed by atoms with Crippen LogP contribution in [0.15, 0.2) is 47.2 Å². The molecule has 2 N–H and O–H groups in total. The van der Waals surface area contributed by atoms with Crippen LogP contribution >= 0.6 is 27.5 Å². The number of primary amides is 1. The molecule has 0 bridgehead atoms. The molecule has 0 unspecified atom stereocenters. The molecule has 122 valence electrons. The highest BCUT2D eigenvalue weighted by atomic mass is 79.9. The van der Waals surface area contributed by atoms with Crippen molar-refractivity contribution in [2.24, 2.45) is 5.73 Å². The summed E-state index contributed by atoms with van der Waals surface area (Å²) in [6, 6.07) is 9.34. The summed E-state index contributed by atoms with van der Waals surface area (Å²) < 4.78 is 2.56. The molecule has 0 fully saturated rings. The Kier molecular flexibility index (Phi) is 4.69. The van der Waals surface area contributed by atoms with Crippen LogP contribution in [0.4, 0.5) is 0 Å². The van der Waals surface area contributed by atoms with E-state index >= 15 is 0 Å². The van der Waals surface area contributed by atoms with Gasteiger partial charge in [0.05, 0.1) is 27.3 Å². The molecule has 2 heterocycles. The molecular formula is C17H14BrClN4O. The number of nitrogens with zero attached hydrogens (tertiary/aromatic N) is 3. The summed E-state index contributed by atoms with van der Waals surface area (Å²) >= 11 is 9.81. The van der Waals surface area contributed by atoms with E-state index in [1.165, 1.54) is 0 Å². The number of halogens is 2. The van der Waals surface area contributed by atoms with Crippen LogP contribution in [0.1, 0.15) is 11.3 Å². The quantitative estimate of drug-likeness (QED) is 0.719. The second-order valence-corrected chi connectivity index (χ2v) is 6.62. The lowest BCUT2D eigenvalue weighted by molar-refractivity contribution is -0.117. The average molecular weight is 406 g/mol. The number of rotatable bonds is 4. The summed E-state index contributed by atoms with van der Waals surface area (Å²) in [7, 11) is 0. The topological polar surface area (TPSA) is 73.8 Å². The molecule has 0 radical (unpaired) electrons. The van der Waals surface area contributed by atoms with Gasteiger partial charge in [-0.25, -0.2) is 4.68 Å². The van der Waals surface area contributed by atoms with Crippen LogP contribution < -0.4 is 5.73 Å². The molecule has 7 heteroatoms. The largest absolute Gasteiger partial charge is 0.369 e. The number of nitrogens with two attached hydrogens (primary N) is 1. The number of pyridine rings is 1. The highest BCUT2D eigenvalue weighted by molar-refractivity contribution is 9.10. The van der Waals surface area contributed by atoms with Crippen LogP contribution in [0.5, 0.6) is 0 Å². The first-order valence-electron chi connectivity index (χ1n) is 7.20. The van der Waals surface area contributed by atoms with Crippen molar-refractivity contribution in [3.05, 3.63) is 63.5 Å². The molecule has 2 aromatic heterocycles. The number of hydrogen-bond donors (Lipinski definition) is 1. The Hall–Kier alpha value is -2.18. The van der Waals surface area contributed by atoms with Crippen molar-refractivity contribution >= 4 is 33.4 Å². The van der Waals surface area contributed by atoms with Gasteiger partial charge < -0.3 is 5.73 Å². The Morgan fingerprint density at radius 3 is 2.83 bits per heavy atom. The molecule has 1 amide bonds. The van der Waals surface area contributed by atoms with Gasteiger partial charge in [-0.3, -0.25) is 9.78 Å². The molecule has 0 aliphatic carbocycles. The molecule has 0 aliphatic heterocycles. The minimum absolute atomic E-state index is 0.0904. The number of aromatic nitrogens is 3. The van der Waals surface area contributed by atoms with E-state index in [2.05, 4.69) is 26.0 Å². The second kappa shape index (κ2) is 6.75. The third kappa shape index (κ3) is 3.34. The van der Waals surface area contributed by atoms with Crippen molar-refractivity contribution in [3.63, 3.8) is 0 Å². The molecule has 0 aliphatic rings. The molecule has 24 heavy (non-hydrogen) atoms. The Morgan fingerprint density at radius 1 is 1.38 bits per heavy atom. The number of amides is 1. The molecule has 0 spiro atoms. The Labute approximate surface area is 152 Å². The molecular weight excluding hydrogens is 392 g/mol. The lowest BCUT2D eigenvalue weighted by Gasteiger charge is -2.07. The Morgan fingerprint density at radius 2 is 2.12 bits per heavy atom. The normalized spacial score (nSPS) is 10.8. The van der Waals surface area contributed by atoms with E-state index in [0.717, 1.165) is 27.0 Å². The van der Waals surface area contributed by atoms with Gasteiger partial charge in [-0.2, -0.15) is 5.10 Å². The number of hydrogen-bond acceptors (Lipinski definition) is 3. The maximum Gasteiger partial charge on any atom is 0.223 e. The van der Waals surface area contributed by atoms with Gasteiger partial charge in [-0.05, 0) is 40.5 Å². The van der Waals surface area contributed by atoms with Gasteiger partial charge in [0.2, 0.25) is 5.91 Å². The van der Waals surface area contributed by atoms with E-state index in [4.69, 9.17) is 17.3 Å². The number of carbonyl (C=O) groups excluding carboxylic acids is 1. The third-order valence-electron chi connectivity index (χ3n) is 3.53. The second-order valence-electron chi connectivity index (χ2n) is 5.36. The summed E-state index contributed by atoms with van der Waals surface area (Å²) in [5.41, 5.74) is 9.21. The third-order valence-corrected chi connectivity index (χ3v) is 4.44. The average Bonchev–Trinajstić information content (AvgIpc) is 2.91. The van der Waals surface area contributed by atoms with Crippen molar-refractivity contribution in [3.8, 4) is 16.9 Å². The van der Waals surface area contributed by atoms with Crippen molar-refractivity contribution < 1.29 is 4.79 Å². The van der Waals surface area contributed by atoms with Crippen LogP contribution in [-0.2, 0) is 11.2 Å². The zero-order chi connectivity index (χ0) is 17.3. The predicted molar refractivity (Wildman–Crippen MR) is 97.1 cm³/mol. The molecule has 5 nitrogen and oxygen atoms in total. The first kappa shape index (κ1) is 16.7. The Balaban J connectivity index is 2.07. The van der Waals surface area contributed by atoms with Gasteiger partial charge in [0, 0.05) is 18.0 Å². The lowest BCUT2D eigenvalue weighted by atomic mass is 10.1. The minimum Gasteiger partial charge on any atom is -0.369 e. The lowest BCUT2D eigenvalue weighted by Crippen LogP contribution is -2.15. The smallest absolute Gasteiger partial charge is 0.223 e. The maximum atomic E-state index is 11.1. The van der Waals surface area contributed by atoms with Gasteiger partial charge in [-0.15, -0.1) is 0 Å². The fourth-order valence-electron chi connectivity index (χ4n) is 2.39. The summed E-state index contributed by atoms with van der Waals surface area (Å²) in [5.74, 6) is -0.421. The first-order chi connectivity index (χ1) is 11.5. The van der Waals surface area contributed by atoms with E-state index in [0.29, 0.717) is 10.7 Å². The number of benzene rings is 1. The van der Waals surface area contributed by atoms with Crippen molar-refractivity contribution in [1.29, 1.82) is 0 Å². The number of aryl methyl sites for hydroxylation is 1. The van der Waals surface area contributed by atoms with E-state index < -0.39 is 5.91 Å². The minimum atomic E-state index is -0.421. The highest BCUT2D eigenvalue weighted by Gasteiger charge is 2.14. The summed E-state index contributed by atoms with van der Waals surface area (Å²) in [6.07, 6.45) is 3.65. The van der Waals surface area contributed by atoms with Crippen molar-refractivity contribution in [2.75, 3.05) is 0 Å². The van der Waals surface area contributed by atoms with Gasteiger partial charge in [-0.1, -0.05) is 29.8 Å². The van der Waals surface area contributed by atoms with Gasteiger partial charge in [0.25, 0.3) is 0 Å². The molecule has 0 atom stereocenters. The van der Waals surface area contributed by atoms with Crippen LogP contribution in [0.2, 0.25) is 5.02 Å². The predicted octanol–water partition coefficient (Wildman–Crippen LogP) is 3.69. The van der Waals surface area contributed by atoms with E-state index in [1.807, 2.05) is 43.5 Å². The van der Waals surface area contributed by atoms with Crippen molar-refractivity contribution in [2.45, 2.75) is 13.3 Å². The first-order valence-corrected chi connectivity index (χ1v) is 8.37. The Bertz CT molecular complexity index is 923. The molecule has 1 aromatic carbocycles. The van der Waals surface area contributed by atoms with Crippen LogP contribution in [0.3, 0.4) is 0 Å². The van der Waals surface area contributed by atoms with Crippen LogP contribution in [0, 0.1) is 6.92 Å². The summed E-state index contributed by atoms with van der Waals surface area (Å²) in [6.45, 7) is 1.93. The van der Waals surface area contributed by atoms with Crippen LogP contribution in [-0.4, -0.2) is 20.7 Å². The molecule has 3 rings (SSSR count). The fraction of sp³-hybridized carbons (Fsp3) is 0.118. The van der Waals surface area contributed by atoms with Crippen LogP contribution in [0.25, 0.3) is 16.9 Å². The molecule has 3 aromatic rings. The molecule has 0 saturated heterocycles. The van der Waals surface area contributed by atoms with Crippen molar-refractivity contribution in [1.82, 2.24) is 14.8 Å². The SMILES string of the molecule is Cc1cnc(CC(N)=O)cc1-n1cc(Br)c(-c2ccccc2Cl)n1. The van der Waals surface area contributed by atoms with E-state index in [1.54, 1.807) is 10.9 Å². The number of carbonyl (C=O) groups is 1. The van der Waals surface area contributed by atoms with Gasteiger partial charge in [0.15, 0.2) is 0 Å². The van der Waals surface area contributed by atoms with Gasteiger partial charge in [0.1, 0.15) is 5.69 Å². The zero-order valence-electron chi connectivity index (χ0n) is 12.8. The fourth-order valence-corrected chi connectivity index (χ4v) is 3.10.